The number of rotatable bonds is 3. The largest absolute Gasteiger partial charge is 0.491 e. The fourth-order valence-electron chi connectivity index (χ4n) is 1.50. The van der Waals surface area contributed by atoms with Crippen LogP contribution in [0.5, 0.6) is 5.75 Å². The molecule has 0 heterocycles. The van der Waals surface area contributed by atoms with Crippen molar-refractivity contribution < 1.29 is 4.74 Å². The van der Waals surface area contributed by atoms with Gasteiger partial charge in [-0.15, -0.1) is 0 Å². The summed E-state index contributed by atoms with van der Waals surface area (Å²) in [6.07, 6.45) is 0. The van der Waals surface area contributed by atoms with Crippen molar-refractivity contribution in [3.8, 4) is 5.75 Å². The molecule has 0 aliphatic rings. The van der Waals surface area contributed by atoms with Crippen LogP contribution in [0.25, 0.3) is 0 Å². The van der Waals surface area contributed by atoms with Crippen LogP contribution in [-0.4, -0.2) is 6.61 Å². The Morgan fingerprint density at radius 2 is 2.00 bits per heavy atom. The number of para-hydroxylation sites is 1. The average molecular weight is 206 g/mol. The van der Waals surface area contributed by atoms with Crippen LogP contribution in [0.4, 0.5) is 5.69 Å². The minimum atomic E-state index is 0.00516. The molecule has 3 nitrogen and oxygen atoms in total. The van der Waals surface area contributed by atoms with E-state index < -0.39 is 0 Å². The smallest absolute Gasteiger partial charge is 0.150 e. The first-order chi connectivity index (χ1) is 7.00. The maximum absolute atomic E-state index is 7.11. The molecule has 0 saturated heterocycles. The molecule has 0 aliphatic carbocycles. The highest BCUT2D eigenvalue weighted by molar-refractivity contribution is 5.57. The molecule has 1 aromatic carbocycles. The quantitative estimate of drug-likeness (QED) is 0.745. The van der Waals surface area contributed by atoms with Gasteiger partial charge in [-0.1, -0.05) is 32.9 Å². The fourth-order valence-corrected chi connectivity index (χ4v) is 1.50. The van der Waals surface area contributed by atoms with Gasteiger partial charge >= 0.3 is 0 Å². The Morgan fingerprint density at radius 1 is 1.33 bits per heavy atom. The SMILES string of the molecule is CCOc1c(N=N)cccc1C(C)(C)C. The van der Waals surface area contributed by atoms with Crippen LogP contribution < -0.4 is 4.74 Å². The maximum Gasteiger partial charge on any atom is 0.150 e. The molecule has 0 aromatic heterocycles. The first kappa shape index (κ1) is 11.7. The summed E-state index contributed by atoms with van der Waals surface area (Å²) in [5.41, 5.74) is 8.81. The molecule has 3 heteroatoms. The van der Waals surface area contributed by atoms with Crippen molar-refractivity contribution in [2.75, 3.05) is 6.61 Å². The van der Waals surface area contributed by atoms with Crippen molar-refractivity contribution in [2.24, 2.45) is 5.11 Å². The average Bonchev–Trinajstić information content (AvgIpc) is 2.17. The van der Waals surface area contributed by atoms with Gasteiger partial charge in [0.15, 0.2) is 0 Å². The lowest BCUT2D eigenvalue weighted by molar-refractivity contribution is 0.331. The van der Waals surface area contributed by atoms with Crippen LogP contribution in [0, 0.1) is 5.53 Å². The molecule has 0 atom stereocenters. The topological polar surface area (TPSA) is 45.4 Å². The summed E-state index contributed by atoms with van der Waals surface area (Å²) >= 11 is 0. The van der Waals surface area contributed by atoms with E-state index >= 15 is 0 Å². The third-order valence-electron chi connectivity index (χ3n) is 2.21. The standard InChI is InChI=1S/C12H18N2O/c1-5-15-11-9(12(2,3)4)7-6-8-10(11)14-13/h6-8,13H,5H2,1-4H3. The molecule has 0 radical (unpaired) electrons. The molecule has 0 aliphatic heterocycles. The number of ether oxygens (including phenoxy) is 1. The zero-order valence-electron chi connectivity index (χ0n) is 9.79. The van der Waals surface area contributed by atoms with E-state index in [4.69, 9.17) is 10.3 Å². The van der Waals surface area contributed by atoms with E-state index in [0.717, 1.165) is 11.3 Å². The molecular formula is C12H18N2O. The fraction of sp³-hybridized carbons (Fsp3) is 0.500. The van der Waals surface area contributed by atoms with E-state index in [9.17, 15) is 0 Å². The summed E-state index contributed by atoms with van der Waals surface area (Å²) in [6, 6.07) is 5.74. The Balaban J connectivity index is 3.31. The van der Waals surface area contributed by atoms with Gasteiger partial charge in [-0.25, -0.2) is 5.53 Å². The number of nitrogens with one attached hydrogen (secondary N) is 1. The van der Waals surface area contributed by atoms with Crippen LogP contribution in [-0.2, 0) is 5.41 Å². The van der Waals surface area contributed by atoms with E-state index in [0.29, 0.717) is 12.3 Å². The summed E-state index contributed by atoms with van der Waals surface area (Å²) in [4.78, 5) is 0. The number of hydrogen-bond donors (Lipinski definition) is 1. The zero-order chi connectivity index (χ0) is 11.5. The summed E-state index contributed by atoms with van der Waals surface area (Å²) < 4.78 is 5.57. The highest BCUT2D eigenvalue weighted by atomic mass is 16.5. The molecule has 1 aromatic rings. The van der Waals surface area contributed by atoms with Gasteiger partial charge in [-0.05, 0) is 18.4 Å². The summed E-state index contributed by atoms with van der Waals surface area (Å²) in [7, 11) is 0. The number of benzene rings is 1. The molecule has 0 saturated carbocycles. The number of nitrogens with zero attached hydrogens (tertiary/aromatic N) is 1. The van der Waals surface area contributed by atoms with Gasteiger partial charge in [0, 0.05) is 5.56 Å². The molecule has 0 bridgehead atoms. The molecular weight excluding hydrogens is 188 g/mol. The highest BCUT2D eigenvalue weighted by Crippen LogP contribution is 2.38. The lowest BCUT2D eigenvalue weighted by Gasteiger charge is -2.23. The molecule has 82 valence electrons. The highest BCUT2D eigenvalue weighted by Gasteiger charge is 2.20. The van der Waals surface area contributed by atoms with Gasteiger partial charge in [0.05, 0.1) is 6.61 Å². The molecule has 1 N–H and O–H groups in total. The predicted molar refractivity (Wildman–Crippen MR) is 61.1 cm³/mol. The van der Waals surface area contributed by atoms with Gasteiger partial charge in [-0.2, -0.15) is 5.11 Å². The van der Waals surface area contributed by atoms with Crippen LogP contribution >= 0.6 is 0 Å². The lowest BCUT2D eigenvalue weighted by Crippen LogP contribution is -2.13. The van der Waals surface area contributed by atoms with Gasteiger partial charge in [0.1, 0.15) is 11.4 Å². The normalized spacial score (nSPS) is 11.2. The monoisotopic (exact) mass is 206 g/mol. The second-order valence-electron chi connectivity index (χ2n) is 4.45. The van der Waals surface area contributed by atoms with Crippen LogP contribution in [0.1, 0.15) is 33.3 Å². The Labute approximate surface area is 91.0 Å². The lowest BCUT2D eigenvalue weighted by atomic mass is 9.86. The van der Waals surface area contributed by atoms with Crippen LogP contribution in [0.15, 0.2) is 23.3 Å². The third kappa shape index (κ3) is 2.55. The minimum absolute atomic E-state index is 0.00516. The summed E-state index contributed by atoms with van der Waals surface area (Å²) in [5, 5.41) is 3.49. The van der Waals surface area contributed by atoms with Crippen molar-refractivity contribution in [1.82, 2.24) is 0 Å². The Hall–Kier alpha value is -1.38. The molecule has 0 unspecified atom stereocenters. The first-order valence-electron chi connectivity index (χ1n) is 5.14. The molecule has 0 spiro atoms. The predicted octanol–water partition coefficient (Wildman–Crippen LogP) is 4.05. The van der Waals surface area contributed by atoms with E-state index in [1.165, 1.54) is 0 Å². The Kier molecular flexibility index (Phi) is 3.45. The molecule has 1 rings (SSSR count). The van der Waals surface area contributed by atoms with Gasteiger partial charge in [0.25, 0.3) is 0 Å². The summed E-state index contributed by atoms with van der Waals surface area (Å²) in [5.74, 6) is 0.738. The van der Waals surface area contributed by atoms with Gasteiger partial charge in [0.2, 0.25) is 0 Å². The maximum atomic E-state index is 7.11. The van der Waals surface area contributed by atoms with Crippen molar-refractivity contribution in [2.45, 2.75) is 33.1 Å². The van der Waals surface area contributed by atoms with Crippen LogP contribution in [0.2, 0.25) is 0 Å². The second-order valence-corrected chi connectivity index (χ2v) is 4.45. The summed E-state index contributed by atoms with van der Waals surface area (Å²) in [6.45, 7) is 8.90. The van der Waals surface area contributed by atoms with E-state index in [2.05, 4.69) is 25.9 Å². The minimum Gasteiger partial charge on any atom is -0.491 e. The zero-order valence-corrected chi connectivity index (χ0v) is 9.79. The first-order valence-corrected chi connectivity index (χ1v) is 5.14. The van der Waals surface area contributed by atoms with Crippen molar-refractivity contribution in [3.63, 3.8) is 0 Å². The van der Waals surface area contributed by atoms with E-state index in [1.807, 2.05) is 19.1 Å². The second kappa shape index (κ2) is 4.43. The van der Waals surface area contributed by atoms with E-state index in [-0.39, 0.29) is 5.41 Å². The van der Waals surface area contributed by atoms with Crippen LogP contribution in [0.3, 0.4) is 0 Å². The molecule has 15 heavy (non-hydrogen) atoms. The molecule has 0 fully saturated rings. The van der Waals surface area contributed by atoms with E-state index in [1.54, 1.807) is 6.07 Å². The molecule has 0 amide bonds. The van der Waals surface area contributed by atoms with Gasteiger partial charge < -0.3 is 4.74 Å². The van der Waals surface area contributed by atoms with Crippen molar-refractivity contribution in [3.05, 3.63) is 23.8 Å². The third-order valence-corrected chi connectivity index (χ3v) is 2.21. The Morgan fingerprint density at radius 3 is 2.47 bits per heavy atom. The van der Waals surface area contributed by atoms with Crippen molar-refractivity contribution >= 4 is 5.69 Å². The van der Waals surface area contributed by atoms with Crippen molar-refractivity contribution in [1.29, 1.82) is 5.53 Å². The number of hydrogen-bond acceptors (Lipinski definition) is 3. The van der Waals surface area contributed by atoms with Gasteiger partial charge in [-0.3, -0.25) is 0 Å². The Bertz CT molecular complexity index is 353.